The lowest BCUT2D eigenvalue weighted by Gasteiger charge is -2.29. The first-order valence-corrected chi connectivity index (χ1v) is 6.53. The summed E-state index contributed by atoms with van der Waals surface area (Å²) in [6.07, 6.45) is 1.97. The van der Waals surface area contributed by atoms with Crippen molar-refractivity contribution in [2.75, 3.05) is 13.2 Å². The van der Waals surface area contributed by atoms with Crippen molar-refractivity contribution in [3.8, 4) is 0 Å². The number of halogens is 1. The van der Waals surface area contributed by atoms with E-state index in [1.807, 2.05) is 24.3 Å². The molecule has 0 bridgehead atoms. The van der Waals surface area contributed by atoms with Crippen LogP contribution in [0.5, 0.6) is 0 Å². The van der Waals surface area contributed by atoms with Gasteiger partial charge in [0.15, 0.2) is 6.29 Å². The third kappa shape index (κ3) is 3.37. The molecule has 1 aromatic carbocycles. The van der Waals surface area contributed by atoms with Crippen molar-refractivity contribution in [3.05, 3.63) is 34.3 Å². The Morgan fingerprint density at radius 2 is 1.94 bits per heavy atom. The monoisotopic (exact) mass is 298 g/mol. The van der Waals surface area contributed by atoms with Gasteiger partial charge in [0.2, 0.25) is 0 Å². The number of carbonyl (C=O) groups is 1. The fourth-order valence-electron chi connectivity index (χ4n) is 1.96. The minimum atomic E-state index is -0.296. The Bertz CT molecular complexity index is 357. The largest absolute Gasteiger partial charge is 0.352 e. The third-order valence-electron chi connectivity index (χ3n) is 2.83. The molecule has 1 fully saturated rings. The Labute approximate surface area is 109 Å². The summed E-state index contributed by atoms with van der Waals surface area (Å²) in [6.45, 7) is 1.41. The van der Waals surface area contributed by atoms with Crippen LogP contribution in [0.2, 0.25) is 0 Å². The first-order valence-electron chi connectivity index (χ1n) is 5.73. The van der Waals surface area contributed by atoms with Crippen LogP contribution in [0.3, 0.4) is 0 Å². The minimum Gasteiger partial charge on any atom is -0.352 e. The van der Waals surface area contributed by atoms with Gasteiger partial charge in [0.1, 0.15) is 6.29 Å². The second-order valence-electron chi connectivity index (χ2n) is 4.02. The van der Waals surface area contributed by atoms with Crippen LogP contribution in [-0.2, 0) is 14.3 Å². The normalized spacial score (nSPS) is 18.9. The van der Waals surface area contributed by atoms with Crippen molar-refractivity contribution >= 4 is 22.2 Å². The average Bonchev–Trinajstić information content (AvgIpc) is 2.38. The van der Waals surface area contributed by atoms with Gasteiger partial charge in [0.25, 0.3) is 0 Å². The van der Waals surface area contributed by atoms with E-state index in [1.54, 1.807) is 0 Å². The number of hydrogen-bond acceptors (Lipinski definition) is 3. The van der Waals surface area contributed by atoms with E-state index in [1.165, 1.54) is 0 Å². The van der Waals surface area contributed by atoms with Gasteiger partial charge in [-0.2, -0.15) is 0 Å². The Morgan fingerprint density at radius 1 is 1.29 bits per heavy atom. The quantitative estimate of drug-likeness (QED) is 0.802. The molecular formula is C13H15BrO3. The van der Waals surface area contributed by atoms with Crippen molar-refractivity contribution in [1.29, 1.82) is 0 Å². The van der Waals surface area contributed by atoms with E-state index < -0.39 is 0 Å². The highest BCUT2D eigenvalue weighted by Crippen LogP contribution is 2.28. The molecule has 0 radical (unpaired) electrons. The molecule has 1 atom stereocenters. The number of hydrogen-bond donors (Lipinski definition) is 0. The minimum absolute atomic E-state index is 0.0131. The lowest BCUT2D eigenvalue weighted by molar-refractivity contribution is -0.191. The summed E-state index contributed by atoms with van der Waals surface area (Å²) in [6, 6.07) is 7.94. The topological polar surface area (TPSA) is 35.5 Å². The molecule has 3 nitrogen and oxygen atoms in total. The second-order valence-corrected chi connectivity index (χ2v) is 4.94. The summed E-state index contributed by atoms with van der Waals surface area (Å²) in [5, 5.41) is 0. The van der Waals surface area contributed by atoms with Gasteiger partial charge in [-0.05, 0) is 24.1 Å². The van der Waals surface area contributed by atoms with Gasteiger partial charge in [0.05, 0.1) is 13.2 Å². The van der Waals surface area contributed by atoms with Gasteiger partial charge in [0, 0.05) is 16.8 Å². The first-order chi connectivity index (χ1) is 8.31. The summed E-state index contributed by atoms with van der Waals surface area (Å²) in [5.74, 6) is -0.0131. The highest BCUT2D eigenvalue weighted by Gasteiger charge is 2.26. The van der Waals surface area contributed by atoms with E-state index in [9.17, 15) is 4.79 Å². The molecule has 1 heterocycles. The van der Waals surface area contributed by atoms with Gasteiger partial charge >= 0.3 is 0 Å². The van der Waals surface area contributed by atoms with E-state index in [4.69, 9.17) is 9.47 Å². The molecule has 1 aliphatic rings. The van der Waals surface area contributed by atoms with Gasteiger partial charge in [-0.1, -0.05) is 28.1 Å². The summed E-state index contributed by atoms with van der Waals surface area (Å²) in [7, 11) is 0. The zero-order valence-electron chi connectivity index (χ0n) is 9.47. The van der Waals surface area contributed by atoms with Crippen molar-refractivity contribution in [2.24, 2.45) is 0 Å². The molecule has 1 saturated heterocycles. The molecule has 2 rings (SSSR count). The predicted octanol–water partition coefficient (Wildman–Crippen LogP) is 2.88. The van der Waals surface area contributed by atoms with Crippen LogP contribution in [0.1, 0.15) is 24.3 Å². The van der Waals surface area contributed by atoms with Crippen molar-refractivity contribution in [2.45, 2.75) is 25.0 Å². The van der Waals surface area contributed by atoms with Gasteiger partial charge in [-0.15, -0.1) is 0 Å². The summed E-state index contributed by atoms with van der Waals surface area (Å²) in [4.78, 5) is 10.8. The first kappa shape index (κ1) is 12.7. The standard InChI is InChI=1S/C13H15BrO3/c14-11-4-2-10(3-5-11)12(6-7-15)13-16-8-1-9-17-13/h2-5,7,12-13H,1,6,8-9H2. The maximum absolute atomic E-state index is 10.8. The number of aldehydes is 1. The number of benzene rings is 1. The number of carbonyl (C=O) groups excluding carboxylic acids is 1. The van der Waals surface area contributed by atoms with Crippen LogP contribution in [0.4, 0.5) is 0 Å². The smallest absolute Gasteiger partial charge is 0.164 e. The Hall–Kier alpha value is -0.710. The van der Waals surface area contributed by atoms with Gasteiger partial charge < -0.3 is 14.3 Å². The lowest BCUT2D eigenvalue weighted by Crippen LogP contribution is -2.31. The predicted molar refractivity (Wildman–Crippen MR) is 67.9 cm³/mol. The molecule has 4 heteroatoms. The SMILES string of the molecule is O=CCC(c1ccc(Br)cc1)C1OCCCO1. The average molecular weight is 299 g/mol. The van der Waals surface area contributed by atoms with Crippen LogP contribution in [-0.4, -0.2) is 25.8 Å². The second kappa shape index (κ2) is 6.28. The van der Waals surface area contributed by atoms with E-state index in [0.29, 0.717) is 19.6 Å². The van der Waals surface area contributed by atoms with Crippen molar-refractivity contribution in [1.82, 2.24) is 0 Å². The highest BCUT2D eigenvalue weighted by atomic mass is 79.9. The zero-order valence-corrected chi connectivity index (χ0v) is 11.1. The third-order valence-corrected chi connectivity index (χ3v) is 3.36. The molecule has 0 spiro atoms. The van der Waals surface area contributed by atoms with Crippen LogP contribution in [0.15, 0.2) is 28.7 Å². The Morgan fingerprint density at radius 3 is 2.53 bits per heavy atom. The maximum Gasteiger partial charge on any atom is 0.164 e. The van der Waals surface area contributed by atoms with Crippen LogP contribution < -0.4 is 0 Å². The van der Waals surface area contributed by atoms with E-state index in [-0.39, 0.29) is 12.2 Å². The van der Waals surface area contributed by atoms with Crippen molar-refractivity contribution in [3.63, 3.8) is 0 Å². The van der Waals surface area contributed by atoms with Crippen LogP contribution >= 0.6 is 15.9 Å². The summed E-state index contributed by atoms with van der Waals surface area (Å²) < 4.78 is 12.2. The molecule has 0 saturated carbocycles. The number of ether oxygens (including phenoxy) is 2. The summed E-state index contributed by atoms with van der Waals surface area (Å²) >= 11 is 3.40. The lowest BCUT2D eigenvalue weighted by atomic mass is 9.95. The zero-order chi connectivity index (χ0) is 12.1. The maximum atomic E-state index is 10.8. The molecular weight excluding hydrogens is 284 g/mol. The highest BCUT2D eigenvalue weighted by molar-refractivity contribution is 9.10. The van der Waals surface area contributed by atoms with E-state index >= 15 is 0 Å². The molecule has 0 aliphatic carbocycles. The molecule has 1 aromatic rings. The van der Waals surface area contributed by atoms with Crippen molar-refractivity contribution < 1.29 is 14.3 Å². The van der Waals surface area contributed by atoms with Gasteiger partial charge in [-0.3, -0.25) is 0 Å². The van der Waals surface area contributed by atoms with Gasteiger partial charge in [-0.25, -0.2) is 0 Å². The fourth-order valence-corrected chi connectivity index (χ4v) is 2.22. The van der Waals surface area contributed by atoms with E-state index in [2.05, 4.69) is 15.9 Å². The molecule has 92 valence electrons. The molecule has 0 amide bonds. The fraction of sp³-hybridized carbons (Fsp3) is 0.462. The molecule has 0 aromatic heterocycles. The Balaban J connectivity index is 2.15. The van der Waals surface area contributed by atoms with Crippen LogP contribution in [0, 0.1) is 0 Å². The summed E-state index contributed by atoms with van der Waals surface area (Å²) in [5.41, 5.74) is 1.08. The molecule has 1 aliphatic heterocycles. The Kier molecular flexibility index (Phi) is 4.71. The molecule has 17 heavy (non-hydrogen) atoms. The molecule has 1 unspecified atom stereocenters. The van der Waals surface area contributed by atoms with Crippen LogP contribution in [0.25, 0.3) is 0 Å². The number of rotatable bonds is 4. The van der Waals surface area contributed by atoms with E-state index in [0.717, 1.165) is 22.7 Å². The molecule has 0 N–H and O–H groups in total.